The molecule has 1 atom stereocenters. The number of pyridine rings is 1. The van der Waals surface area contributed by atoms with Crippen molar-refractivity contribution in [3.63, 3.8) is 0 Å². The van der Waals surface area contributed by atoms with Crippen molar-refractivity contribution >= 4 is 17.4 Å². The Hall–Kier alpha value is -3.78. The highest BCUT2D eigenvalue weighted by atomic mass is 16.5. The fraction of sp³-hybridized carbons (Fsp3) is 0.333. The Bertz CT molecular complexity index is 1330. The lowest BCUT2D eigenvalue weighted by molar-refractivity contribution is 0.0247. The van der Waals surface area contributed by atoms with Crippen molar-refractivity contribution in [1.29, 1.82) is 0 Å². The number of nitrogens with one attached hydrogen (secondary N) is 2. The van der Waals surface area contributed by atoms with Crippen LogP contribution in [-0.4, -0.2) is 50.6 Å². The summed E-state index contributed by atoms with van der Waals surface area (Å²) >= 11 is 0. The Morgan fingerprint density at radius 2 is 1.86 bits per heavy atom. The largest absolute Gasteiger partial charge is 0.376 e. The Kier molecular flexibility index (Phi) is 5.88. The van der Waals surface area contributed by atoms with Crippen molar-refractivity contribution in [2.45, 2.75) is 44.2 Å². The van der Waals surface area contributed by atoms with E-state index in [9.17, 15) is 4.79 Å². The van der Waals surface area contributed by atoms with Crippen molar-refractivity contribution in [3.8, 4) is 22.5 Å². The summed E-state index contributed by atoms with van der Waals surface area (Å²) in [7, 11) is 0. The maximum Gasteiger partial charge on any atom is 0.251 e. The van der Waals surface area contributed by atoms with Crippen LogP contribution in [0.4, 0.5) is 5.82 Å². The van der Waals surface area contributed by atoms with Gasteiger partial charge in [-0.2, -0.15) is 0 Å². The van der Waals surface area contributed by atoms with Gasteiger partial charge in [0.1, 0.15) is 0 Å². The molecule has 0 radical (unpaired) electrons. The SMILES string of the molecule is O=C(NC1CC1)c1ccc(-c2cnc3c(NCC4CCCCO4)nc(-c4ccncc4)cn23)cc1. The Balaban J connectivity index is 1.34. The number of benzene rings is 1. The minimum atomic E-state index is -0.0159. The highest BCUT2D eigenvalue weighted by Gasteiger charge is 2.24. The molecule has 2 fully saturated rings. The number of nitrogens with zero attached hydrogens (tertiary/aromatic N) is 4. The monoisotopic (exact) mass is 468 g/mol. The molecule has 4 heterocycles. The summed E-state index contributed by atoms with van der Waals surface area (Å²) in [5, 5.41) is 6.53. The van der Waals surface area contributed by atoms with Gasteiger partial charge in [-0.1, -0.05) is 12.1 Å². The molecule has 4 aromatic rings. The van der Waals surface area contributed by atoms with E-state index in [1.807, 2.05) is 48.8 Å². The van der Waals surface area contributed by atoms with E-state index in [2.05, 4.69) is 20.0 Å². The fourth-order valence-corrected chi connectivity index (χ4v) is 4.45. The first-order valence-corrected chi connectivity index (χ1v) is 12.3. The Morgan fingerprint density at radius 1 is 1.03 bits per heavy atom. The van der Waals surface area contributed by atoms with Gasteiger partial charge in [-0.25, -0.2) is 9.97 Å². The zero-order valence-corrected chi connectivity index (χ0v) is 19.5. The van der Waals surface area contributed by atoms with Crippen LogP contribution in [0.1, 0.15) is 42.5 Å². The molecular weight excluding hydrogens is 440 g/mol. The van der Waals surface area contributed by atoms with E-state index in [1.54, 1.807) is 12.4 Å². The Morgan fingerprint density at radius 3 is 2.60 bits per heavy atom. The highest BCUT2D eigenvalue weighted by molar-refractivity contribution is 5.95. The molecule has 1 saturated carbocycles. The standard InChI is InChI=1S/C27H28N6O2/c34-27(31-21-8-9-21)20-6-4-19(5-7-20)24-16-30-26-25(29-15-22-3-1-2-14-35-22)32-23(17-33(24)26)18-10-12-28-13-11-18/h4-7,10-13,16-17,21-22H,1-3,8-9,14-15H2,(H,29,32)(H,31,34). The first kappa shape index (κ1) is 21.7. The van der Waals surface area contributed by atoms with Crippen molar-refractivity contribution in [1.82, 2.24) is 24.7 Å². The first-order chi connectivity index (χ1) is 17.2. The molecule has 0 bridgehead atoms. The first-order valence-electron chi connectivity index (χ1n) is 12.3. The van der Waals surface area contributed by atoms with E-state index in [0.717, 1.165) is 66.3 Å². The quantitative estimate of drug-likeness (QED) is 0.419. The van der Waals surface area contributed by atoms with Gasteiger partial charge in [-0.3, -0.25) is 14.2 Å². The number of hydrogen-bond acceptors (Lipinski definition) is 6. The number of carbonyl (C=O) groups is 1. The second kappa shape index (κ2) is 9.46. The summed E-state index contributed by atoms with van der Waals surface area (Å²) in [6.45, 7) is 1.50. The highest BCUT2D eigenvalue weighted by Crippen LogP contribution is 2.28. The van der Waals surface area contributed by atoms with Gasteiger partial charge in [0.2, 0.25) is 0 Å². The van der Waals surface area contributed by atoms with Crippen LogP contribution >= 0.6 is 0 Å². The fourth-order valence-electron chi connectivity index (χ4n) is 4.45. The minimum absolute atomic E-state index is 0.0159. The molecule has 0 spiro atoms. The number of fused-ring (bicyclic) bond motifs is 1. The maximum absolute atomic E-state index is 12.4. The molecule has 178 valence electrons. The zero-order valence-electron chi connectivity index (χ0n) is 19.5. The third kappa shape index (κ3) is 4.74. The molecule has 2 N–H and O–H groups in total. The summed E-state index contributed by atoms with van der Waals surface area (Å²) in [6.07, 6.45) is 13.1. The minimum Gasteiger partial charge on any atom is -0.376 e. The van der Waals surface area contributed by atoms with E-state index in [-0.39, 0.29) is 12.0 Å². The van der Waals surface area contributed by atoms with Crippen LogP contribution in [0, 0.1) is 0 Å². The average molecular weight is 469 g/mol. The summed E-state index contributed by atoms with van der Waals surface area (Å²) in [5.41, 5.74) is 5.14. The van der Waals surface area contributed by atoms with Crippen molar-refractivity contribution in [3.05, 3.63) is 66.7 Å². The number of aromatic nitrogens is 4. The third-order valence-electron chi connectivity index (χ3n) is 6.59. The normalized spacial score (nSPS) is 17.9. The Labute approximate surface area is 203 Å². The lowest BCUT2D eigenvalue weighted by Gasteiger charge is -2.23. The molecule has 1 unspecified atom stereocenters. The lowest BCUT2D eigenvalue weighted by atomic mass is 10.1. The smallest absolute Gasteiger partial charge is 0.251 e. The van der Waals surface area contributed by atoms with Gasteiger partial charge in [0, 0.05) is 54.5 Å². The van der Waals surface area contributed by atoms with Gasteiger partial charge in [0.15, 0.2) is 11.5 Å². The number of carbonyl (C=O) groups excluding carboxylic acids is 1. The van der Waals surface area contributed by atoms with E-state index >= 15 is 0 Å². The number of rotatable bonds is 7. The third-order valence-corrected chi connectivity index (χ3v) is 6.59. The summed E-state index contributed by atoms with van der Waals surface area (Å²) in [5.74, 6) is 0.706. The van der Waals surface area contributed by atoms with Crippen LogP contribution in [0.25, 0.3) is 28.2 Å². The number of amides is 1. The van der Waals surface area contributed by atoms with Crippen LogP contribution in [0.15, 0.2) is 61.2 Å². The van der Waals surface area contributed by atoms with Gasteiger partial charge in [-0.15, -0.1) is 0 Å². The van der Waals surface area contributed by atoms with E-state index in [0.29, 0.717) is 18.2 Å². The molecule has 1 aliphatic heterocycles. The van der Waals surface area contributed by atoms with E-state index < -0.39 is 0 Å². The predicted octanol–water partition coefficient (Wildman–Crippen LogP) is 4.33. The van der Waals surface area contributed by atoms with Crippen LogP contribution in [-0.2, 0) is 4.74 Å². The molecule has 3 aromatic heterocycles. The average Bonchev–Trinajstić information content (AvgIpc) is 3.63. The zero-order chi connectivity index (χ0) is 23.6. The van der Waals surface area contributed by atoms with Crippen LogP contribution in [0.3, 0.4) is 0 Å². The predicted molar refractivity (Wildman–Crippen MR) is 134 cm³/mol. The number of imidazole rings is 1. The van der Waals surface area contributed by atoms with Crippen LogP contribution in [0.2, 0.25) is 0 Å². The number of hydrogen-bond donors (Lipinski definition) is 2. The second-order valence-electron chi connectivity index (χ2n) is 9.24. The summed E-state index contributed by atoms with van der Waals surface area (Å²) < 4.78 is 7.96. The molecule has 8 nitrogen and oxygen atoms in total. The molecule has 2 aliphatic rings. The molecule has 6 rings (SSSR count). The van der Waals surface area contributed by atoms with E-state index in [1.165, 1.54) is 6.42 Å². The number of anilines is 1. The number of ether oxygens (including phenoxy) is 1. The van der Waals surface area contributed by atoms with Gasteiger partial charge in [0.25, 0.3) is 5.91 Å². The second-order valence-corrected chi connectivity index (χ2v) is 9.24. The maximum atomic E-state index is 12.4. The molecule has 1 amide bonds. The van der Waals surface area contributed by atoms with E-state index in [4.69, 9.17) is 14.7 Å². The molecule has 35 heavy (non-hydrogen) atoms. The molecule has 8 heteroatoms. The van der Waals surface area contributed by atoms with Crippen molar-refractivity contribution in [2.75, 3.05) is 18.5 Å². The molecular formula is C27H28N6O2. The summed E-state index contributed by atoms with van der Waals surface area (Å²) in [6, 6.07) is 11.9. The van der Waals surface area contributed by atoms with Crippen molar-refractivity contribution in [2.24, 2.45) is 0 Å². The molecule has 1 saturated heterocycles. The van der Waals surface area contributed by atoms with Crippen molar-refractivity contribution < 1.29 is 9.53 Å². The van der Waals surface area contributed by atoms with Gasteiger partial charge in [0.05, 0.1) is 23.7 Å². The van der Waals surface area contributed by atoms with Gasteiger partial charge >= 0.3 is 0 Å². The van der Waals surface area contributed by atoms with Gasteiger partial charge < -0.3 is 15.4 Å². The molecule has 1 aliphatic carbocycles. The van der Waals surface area contributed by atoms with Crippen LogP contribution in [0.5, 0.6) is 0 Å². The van der Waals surface area contributed by atoms with Crippen LogP contribution < -0.4 is 10.6 Å². The summed E-state index contributed by atoms with van der Waals surface area (Å²) in [4.78, 5) is 26.1. The van der Waals surface area contributed by atoms with Gasteiger partial charge in [-0.05, 0) is 56.4 Å². The molecule has 1 aromatic carbocycles. The topological polar surface area (TPSA) is 93.4 Å². The lowest BCUT2D eigenvalue weighted by Crippen LogP contribution is -2.27.